The monoisotopic (exact) mass is 292 g/mol. The number of hydrogen-bond acceptors (Lipinski definition) is 3. The summed E-state index contributed by atoms with van der Waals surface area (Å²) in [4.78, 5) is 14.8. The molecule has 0 radical (unpaired) electrons. The van der Waals surface area contributed by atoms with Crippen LogP contribution in [-0.4, -0.2) is 37.1 Å². The maximum Gasteiger partial charge on any atom is 0.243 e. The topological polar surface area (TPSA) is 53.3 Å². The molecule has 1 atom stereocenters. The third-order valence-electron chi connectivity index (χ3n) is 5.21. The summed E-state index contributed by atoms with van der Waals surface area (Å²) in [6, 6.07) is 2.31. The lowest BCUT2D eigenvalue weighted by Crippen LogP contribution is -2.46. The molecular weight excluding hydrogens is 264 g/mol. The number of carbonyl (C=O) groups excluding carboxylic acids is 1. The molecule has 0 N–H and O–H groups in total. The van der Waals surface area contributed by atoms with Gasteiger partial charge in [-0.3, -0.25) is 4.79 Å². The van der Waals surface area contributed by atoms with Gasteiger partial charge in [0.2, 0.25) is 5.91 Å². The first-order chi connectivity index (χ1) is 9.89. The van der Waals surface area contributed by atoms with Crippen molar-refractivity contribution in [2.45, 2.75) is 52.9 Å². The molecule has 21 heavy (non-hydrogen) atoms. The molecule has 2 aliphatic rings. The Hall–Kier alpha value is -1.08. The summed E-state index contributed by atoms with van der Waals surface area (Å²) in [6.07, 6.45) is 4.36. The average molecular weight is 292 g/mol. The molecule has 118 valence electrons. The van der Waals surface area contributed by atoms with Gasteiger partial charge in [-0.25, -0.2) is 0 Å². The first kappa shape index (κ1) is 16.3. The third kappa shape index (κ3) is 3.58. The summed E-state index contributed by atoms with van der Waals surface area (Å²) in [6.45, 7) is 9.50. The number of amides is 1. The van der Waals surface area contributed by atoms with Crippen molar-refractivity contribution in [3.63, 3.8) is 0 Å². The van der Waals surface area contributed by atoms with E-state index < -0.39 is 5.41 Å². The quantitative estimate of drug-likeness (QED) is 0.746. The van der Waals surface area contributed by atoms with Crippen molar-refractivity contribution in [3.8, 4) is 6.07 Å². The average Bonchev–Trinajstić information content (AvgIpc) is 2.72. The second kappa shape index (κ2) is 6.36. The fourth-order valence-corrected chi connectivity index (χ4v) is 3.56. The summed E-state index contributed by atoms with van der Waals surface area (Å²) in [7, 11) is 0. The van der Waals surface area contributed by atoms with Crippen LogP contribution in [-0.2, 0) is 9.53 Å². The van der Waals surface area contributed by atoms with Gasteiger partial charge in [0.1, 0.15) is 5.41 Å². The molecule has 0 bridgehead atoms. The smallest absolute Gasteiger partial charge is 0.243 e. The Bertz CT molecular complexity index is 413. The molecule has 2 heterocycles. The third-order valence-corrected chi connectivity index (χ3v) is 5.21. The van der Waals surface area contributed by atoms with Crippen LogP contribution >= 0.6 is 0 Å². The van der Waals surface area contributed by atoms with Crippen LogP contribution in [0.15, 0.2) is 0 Å². The zero-order chi connectivity index (χ0) is 15.5. The van der Waals surface area contributed by atoms with E-state index in [0.717, 1.165) is 25.9 Å². The normalized spacial score (nSPS) is 26.8. The second-order valence-corrected chi connectivity index (χ2v) is 7.59. The van der Waals surface area contributed by atoms with Crippen LogP contribution in [0, 0.1) is 28.1 Å². The number of rotatable bonds is 1. The van der Waals surface area contributed by atoms with Crippen molar-refractivity contribution in [1.29, 1.82) is 5.26 Å². The summed E-state index contributed by atoms with van der Waals surface area (Å²) in [5, 5.41) is 9.54. The molecule has 4 nitrogen and oxygen atoms in total. The highest BCUT2D eigenvalue weighted by Crippen LogP contribution is 2.37. The zero-order valence-electron chi connectivity index (χ0n) is 13.7. The van der Waals surface area contributed by atoms with E-state index >= 15 is 0 Å². The highest BCUT2D eigenvalue weighted by molar-refractivity contribution is 5.85. The number of carbonyl (C=O) groups is 1. The summed E-state index contributed by atoms with van der Waals surface area (Å²) < 4.78 is 5.33. The van der Waals surface area contributed by atoms with Gasteiger partial charge in [0.25, 0.3) is 0 Å². The van der Waals surface area contributed by atoms with Crippen LogP contribution in [0.5, 0.6) is 0 Å². The molecule has 2 rings (SSSR count). The number of hydrogen-bond donors (Lipinski definition) is 0. The molecule has 2 aliphatic heterocycles. The molecular formula is C17H28N2O2. The number of nitriles is 1. The molecule has 0 aromatic carbocycles. The van der Waals surface area contributed by atoms with Gasteiger partial charge < -0.3 is 9.64 Å². The van der Waals surface area contributed by atoms with E-state index in [1.54, 1.807) is 0 Å². The van der Waals surface area contributed by atoms with E-state index in [9.17, 15) is 10.1 Å². The van der Waals surface area contributed by atoms with Crippen molar-refractivity contribution in [2.75, 3.05) is 26.3 Å². The van der Waals surface area contributed by atoms with Gasteiger partial charge in [0.15, 0.2) is 0 Å². The van der Waals surface area contributed by atoms with E-state index in [4.69, 9.17) is 4.74 Å². The zero-order valence-corrected chi connectivity index (χ0v) is 13.7. The Morgan fingerprint density at radius 3 is 2.48 bits per heavy atom. The highest BCUT2D eigenvalue weighted by atomic mass is 16.5. The van der Waals surface area contributed by atoms with Gasteiger partial charge in [0, 0.05) is 26.3 Å². The van der Waals surface area contributed by atoms with E-state index in [2.05, 4.69) is 26.8 Å². The van der Waals surface area contributed by atoms with Gasteiger partial charge in [0.05, 0.1) is 6.07 Å². The molecule has 0 saturated carbocycles. The van der Waals surface area contributed by atoms with Crippen molar-refractivity contribution < 1.29 is 9.53 Å². The van der Waals surface area contributed by atoms with E-state index in [1.807, 2.05) is 4.90 Å². The fourth-order valence-electron chi connectivity index (χ4n) is 3.56. The largest absolute Gasteiger partial charge is 0.381 e. The fraction of sp³-hybridized carbons (Fsp3) is 0.882. The number of likely N-dealkylation sites (tertiary alicyclic amines) is 1. The van der Waals surface area contributed by atoms with Crippen LogP contribution in [0.25, 0.3) is 0 Å². The maximum absolute atomic E-state index is 12.9. The lowest BCUT2D eigenvalue weighted by Gasteiger charge is -2.34. The highest BCUT2D eigenvalue weighted by Gasteiger charge is 2.43. The van der Waals surface area contributed by atoms with Crippen LogP contribution in [0.3, 0.4) is 0 Å². The molecule has 0 spiro atoms. The molecule has 1 amide bonds. The molecule has 2 fully saturated rings. The van der Waals surface area contributed by atoms with Crippen molar-refractivity contribution >= 4 is 5.91 Å². The molecule has 2 saturated heterocycles. The molecule has 4 heteroatoms. The number of ether oxygens (including phenoxy) is 1. The van der Waals surface area contributed by atoms with Gasteiger partial charge >= 0.3 is 0 Å². The first-order valence-electron chi connectivity index (χ1n) is 8.17. The standard InChI is InChI=1S/C17H28N2O2/c1-16(2,3)14-5-4-9-19(10-6-14)15(20)17(13-18)7-11-21-12-8-17/h14H,4-12H2,1-3H3. The number of nitrogens with zero attached hydrogens (tertiary/aromatic N) is 2. The minimum Gasteiger partial charge on any atom is -0.381 e. The van der Waals surface area contributed by atoms with Crippen LogP contribution in [0.1, 0.15) is 52.9 Å². The summed E-state index contributed by atoms with van der Waals surface area (Å²) in [5.74, 6) is 0.700. The molecule has 1 unspecified atom stereocenters. The lowest BCUT2D eigenvalue weighted by molar-refractivity contribution is -0.143. The Balaban J connectivity index is 2.05. The minimum atomic E-state index is -0.834. The van der Waals surface area contributed by atoms with Crippen LogP contribution in [0.4, 0.5) is 0 Å². The molecule has 0 aliphatic carbocycles. The van der Waals surface area contributed by atoms with Crippen molar-refractivity contribution in [3.05, 3.63) is 0 Å². The predicted octanol–water partition coefficient (Wildman–Crippen LogP) is 2.98. The lowest BCUT2D eigenvalue weighted by atomic mass is 9.76. The van der Waals surface area contributed by atoms with E-state index in [1.165, 1.54) is 6.42 Å². The van der Waals surface area contributed by atoms with Gasteiger partial charge in [-0.15, -0.1) is 0 Å². The van der Waals surface area contributed by atoms with E-state index in [0.29, 0.717) is 37.4 Å². The van der Waals surface area contributed by atoms with Crippen molar-refractivity contribution in [1.82, 2.24) is 4.90 Å². The minimum absolute atomic E-state index is 0.0443. The Morgan fingerprint density at radius 2 is 1.90 bits per heavy atom. The Kier molecular flexibility index (Phi) is 4.93. The SMILES string of the molecule is CC(C)(C)C1CCCN(C(=O)C2(C#N)CCOCC2)CC1. The van der Waals surface area contributed by atoms with Crippen LogP contribution in [0.2, 0.25) is 0 Å². The summed E-state index contributed by atoms with van der Waals surface area (Å²) in [5.41, 5.74) is -0.537. The predicted molar refractivity (Wildman–Crippen MR) is 81.5 cm³/mol. The Labute approximate surface area is 128 Å². The molecule has 0 aromatic rings. The first-order valence-corrected chi connectivity index (χ1v) is 8.17. The summed E-state index contributed by atoms with van der Waals surface area (Å²) >= 11 is 0. The van der Waals surface area contributed by atoms with Crippen LogP contribution < -0.4 is 0 Å². The Morgan fingerprint density at radius 1 is 1.24 bits per heavy atom. The second-order valence-electron chi connectivity index (χ2n) is 7.59. The van der Waals surface area contributed by atoms with Gasteiger partial charge in [-0.1, -0.05) is 20.8 Å². The maximum atomic E-state index is 12.9. The molecule has 0 aromatic heterocycles. The van der Waals surface area contributed by atoms with Gasteiger partial charge in [-0.05, 0) is 43.4 Å². The van der Waals surface area contributed by atoms with E-state index in [-0.39, 0.29) is 5.91 Å². The van der Waals surface area contributed by atoms with Crippen molar-refractivity contribution in [2.24, 2.45) is 16.7 Å². The van der Waals surface area contributed by atoms with Gasteiger partial charge in [-0.2, -0.15) is 5.26 Å².